The maximum Gasteiger partial charge on any atom is 0.255 e. The van der Waals surface area contributed by atoms with Crippen molar-refractivity contribution in [1.29, 1.82) is 0 Å². The van der Waals surface area contributed by atoms with Gasteiger partial charge in [0.05, 0.1) is 5.56 Å². The molecule has 0 radical (unpaired) electrons. The van der Waals surface area contributed by atoms with Crippen LogP contribution in [0.2, 0.25) is 0 Å². The maximum atomic E-state index is 11.8. The molecular weight excluding hydrogens is 232 g/mol. The minimum absolute atomic E-state index is 0.00552. The van der Waals surface area contributed by atoms with Crippen LogP contribution < -0.4 is 10.6 Å². The van der Waals surface area contributed by atoms with E-state index in [-0.39, 0.29) is 29.2 Å². The molecular formula is C13H16N2O3. The van der Waals surface area contributed by atoms with Crippen LogP contribution in [0.3, 0.4) is 0 Å². The van der Waals surface area contributed by atoms with Gasteiger partial charge in [0.2, 0.25) is 5.91 Å². The summed E-state index contributed by atoms with van der Waals surface area (Å²) in [5.41, 5.74) is 1.15. The highest BCUT2D eigenvalue weighted by atomic mass is 16.3. The second-order valence-electron chi connectivity index (χ2n) is 4.53. The van der Waals surface area contributed by atoms with E-state index in [0.717, 1.165) is 12.0 Å². The Kier molecular flexibility index (Phi) is 3.50. The molecule has 3 N–H and O–H groups in total. The molecule has 1 aromatic rings. The van der Waals surface area contributed by atoms with E-state index < -0.39 is 0 Å². The molecule has 1 aliphatic rings. The highest BCUT2D eigenvalue weighted by molar-refractivity contribution is 5.96. The van der Waals surface area contributed by atoms with Crippen molar-refractivity contribution in [2.45, 2.75) is 25.8 Å². The van der Waals surface area contributed by atoms with Gasteiger partial charge in [0.25, 0.3) is 5.91 Å². The van der Waals surface area contributed by atoms with Crippen LogP contribution in [0.4, 0.5) is 0 Å². The molecule has 5 heteroatoms. The first kappa shape index (κ1) is 12.4. The summed E-state index contributed by atoms with van der Waals surface area (Å²) >= 11 is 0. The zero-order valence-electron chi connectivity index (χ0n) is 10.2. The van der Waals surface area contributed by atoms with E-state index in [9.17, 15) is 14.7 Å². The summed E-state index contributed by atoms with van der Waals surface area (Å²) in [6.07, 6.45) is 1.25. The topological polar surface area (TPSA) is 78.4 Å². The van der Waals surface area contributed by atoms with E-state index in [1.54, 1.807) is 18.2 Å². The molecule has 1 unspecified atom stereocenters. The van der Waals surface area contributed by atoms with E-state index in [2.05, 4.69) is 10.6 Å². The Morgan fingerprint density at radius 3 is 2.94 bits per heavy atom. The summed E-state index contributed by atoms with van der Waals surface area (Å²) in [6, 6.07) is 4.90. The largest absolute Gasteiger partial charge is 0.507 e. The Bertz CT molecular complexity index is 485. The first-order valence-electron chi connectivity index (χ1n) is 5.93. The standard InChI is InChI=1S/C13H16N2O3/c1-8-2-4-10(11(16)6-8)13(18)14-7-9-3-5-12(17)15-9/h2,4,6,9,16H,3,5,7H2,1H3,(H,14,18)(H,15,17). The van der Waals surface area contributed by atoms with Crippen LogP contribution in [0.1, 0.15) is 28.8 Å². The van der Waals surface area contributed by atoms with E-state index in [0.29, 0.717) is 13.0 Å². The molecule has 1 saturated heterocycles. The number of benzene rings is 1. The first-order chi connectivity index (χ1) is 8.56. The summed E-state index contributed by atoms with van der Waals surface area (Å²) in [6.45, 7) is 2.23. The zero-order valence-corrected chi connectivity index (χ0v) is 10.2. The van der Waals surface area contributed by atoms with Gasteiger partial charge < -0.3 is 15.7 Å². The Hall–Kier alpha value is -2.04. The van der Waals surface area contributed by atoms with Gasteiger partial charge in [-0.2, -0.15) is 0 Å². The highest BCUT2D eigenvalue weighted by Gasteiger charge is 2.21. The van der Waals surface area contributed by atoms with Crippen molar-refractivity contribution in [3.8, 4) is 5.75 Å². The maximum absolute atomic E-state index is 11.8. The van der Waals surface area contributed by atoms with Gasteiger partial charge in [0.15, 0.2) is 0 Å². The molecule has 2 rings (SSSR count). The van der Waals surface area contributed by atoms with Crippen LogP contribution in [-0.2, 0) is 4.79 Å². The van der Waals surface area contributed by atoms with Gasteiger partial charge in [-0.15, -0.1) is 0 Å². The zero-order chi connectivity index (χ0) is 13.1. The Labute approximate surface area is 105 Å². The molecule has 0 saturated carbocycles. The third-order valence-corrected chi connectivity index (χ3v) is 2.99. The second kappa shape index (κ2) is 5.08. The minimum Gasteiger partial charge on any atom is -0.507 e. The second-order valence-corrected chi connectivity index (χ2v) is 4.53. The number of carbonyl (C=O) groups is 2. The third kappa shape index (κ3) is 2.80. The molecule has 1 atom stereocenters. The SMILES string of the molecule is Cc1ccc(C(=O)NCC2CCC(=O)N2)c(O)c1. The molecule has 1 aliphatic heterocycles. The fourth-order valence-corrected chi connectivity index (χ4v) is 1.98. The number of nitrogens with one attached hydrogen (secondary N) is 2. The van der Waals surface area contributed by atoms with Crippen LogP contribution in [0, 0.1) is 6.92 Å². The van der Waals surface area contributed by atoms with Crippen LogP contribution in [-0.4, -0.2) is 29.5 Å². The predicted octanol–water partition coefficient (Wildman–Crippen LogP) is 0.709. The fraction of sp³-hybridized carbons (Fsp3) is 0.385. The number of hydrogen-bond donors (Lipinski definition) is 3. The molecule has 5 nitrogen and oxygen atoms in total. The van der Waals surface area contributed by atoms with Crippen molar-refractivity contribution < 1.29 is 14.7 Å². The summed E-state index contributed by atoms with van der Waals surface area (Å²) in [5, 5.41) is 15.1. The quantitative estimate of drug-likeness (QED) is 0.737. The number of phenolic OH excluding ortho intramolecular Hbond substituents is 1. The van der Waals surface area contributed by atoms with Crippen molar-refractivity contribution in [3.05, 3.63) is 29.3 Å². The van der Waals surface area contributed by atoms with Gasteiger partial charge in [-0.1, -0.05) is 6.07 Å². The number of carbonyl (C=O) groups excluding carboxylic acids is 2. The van der Waals surface area contributed by atoms with Crippen molar-refractivity contribution in [1.82, 2.24) is 10.6 Å². The number of rotatable bonds is 3. The molecule has 2 amide bonds. The molecule has 0 aromatic heterocycles. The van der Waals surface area contributed by atoms with E-state index >= 15 is 0 Å². The van der Waals surface area contributed by atoms with Crippen molar-refractivity contribution in [3.63, 3.8) is 0 Å². The molecule has 0 spiro atoms. The van der Waals surface area contributed by atoms with Crippen molar-refractivity contribution >= 4 is 11.8 Å². The van der Waals surface area contributed by atoms with Gasteiger partial charge in [0, 0.05) is 19.0 Å². The van der Waals surface area contributed by atoms with E-state index in [1.165, 1.54) is 0 Å². The summed E-state index contributed by atoms with van der Waals surface area (Å²) < 4.78 is 0. The number of aryl methyl sites for hydroxylation is 1. The van der Waals surface area contributed by atoms with E-state index in [4.69, 9.17) is 0 Å². The average molecular weight is 248 g/mol. The third-order valence-electron chi connectivity index (χ3n) is 2.99. The molecule has 1 aromatic carbocycles. The summed E-state index contributed by atoms with van der Waals surface area (Å²) in [4.78, 5) is 22.8. The Morgan fingerprint density at radius 1 is 1.56 bits per heavy atom. The molecule has 0 aliphatic carbocycles. The van der Waals surface area contributed by atoms with Crippen LogP contribution in [0.25, 0.3) is 0 Å². The lowest BCUT2D eigenvalue weighted by Crippen LogP contribution is -2.38. The number of amides is 2. The smallest absolute Gasteiger partial charge is 0.255 e. The lowest BCUT2D eigenvalue weighted by atomic mass is 10.1. The monoisotopic (exact) mass is 248 g/mol. The lowest BCUT2D eigenvalue weighted by Gasteiger charge is -2.12. The molecule has 1 fully saturated rings. The first-order valence-corrected chi connectivity index (χ1v) is 5.93. The number of phenols is 1. The van der Waals surface area contributed by atoms with E-state index in [1.807, 2.05) is 6.92 Å². The van der Waals surface area contributed by atoms with Crippen LogP contribution in [0.15, 0.2) is 18.2 Å². The van der Waals surface area contributed by atoms with Gasteiger partial charge in [-0.25, -0.2) is 0 Å². The van der Waals surface area contributed by atoms with Gasteiger partial charge in [-0.3, -0.25) is 9.59 Å². The van der Waals surface area contributed by atoms with Gasteiger partial charge in [0.1, 0.15) is 5.75 Å². The summed E-state index contributed by atoms with van der Waals surface area (Å²) in [5.74, 6) is -0.330. The fourth-order valence-electron chi connectivity index (χ4n) is 1.98. The lowest BCUT2D eigenvalue weighted by molar-refractivity contribution is -0.119. The Balaban J connectivity index is 1.93. The molecule has 18 heavy (non-hydrogen) atoms. The molecule has 96 valence electrons. The minimum atomic E-state index is -0.325. The van der Waals surface area contributed by atoms with Gasteiger partial charge >= 0.3 is 0 Å². The molecule has 0 bridgehead atoms. The normalized spacial score (nSPS) is 18.5. The van der Waals surface area contributed by atoms with Crippen molar-refractivity contribution in [2.24, 2.45) is 0 Å². The van der Waals surface area contributed by atoms with Crippen LogP contribution in [0.5, 0.6) is 5.75 Å². The van der Waals surface area contributed by atoms with Gasteiger partial charge in [-0.05, 0) is 31.0 Å². The highest BCUT2D eigenvalue weighted by Crippen LogP contribution is 2.18. The summed E-state index contributed by atoms with van der Waals surface area (Å²) in [7, 11) is 0. The average Bonchev–Trinajstić information content (AvgIpc) is 2.72. The van der Waals surface area contributed by atoms with Crippen LogP contribution >= 0.6 is 0 Å². The number of aromatic hydroxyl groups is 1. The van der Waals surface area contributed by atoms with Crippen molar-refractivity contribution in [2.75, 3.05) is 6.54 Å². The predicted molar refractivity (Wildman–Crippen MR) is 66.3 cm³/mol. The molecule has 1 heterocycles. The number of hydrogen-bond acceptors (Lipinski definition) is 3. The Morgan fingerprint density at radius 2 is 2.33 bits per heavy atom.